The second-order valence-corrected chi connectivity index (χ2v) is 9.79. The summed E-state index contributed by atoms with van der Waals surface area (Å²) in [7, 11) is 0. The minimum atomic E-state index is -4.49. The molecule has 1 spiro atoms. The summed E-state index contributed by atoms with van der Waals surface area (Å²) in [6.45, 7) is -0.0375. The third kappa shape index (κ3) is 4.29. The Hall–Kier alpha value is -3.88. The van der Waals surface area contributed by atoms with Gasteiger partial charge in [0.25, 0.3) is 0 Å². The minimum absolute atomic E-state index is 0.00421. The molecule has 5 atom stereocenters. The van der Waals surface area contributed by atoms with Crippen molar-refractivity contribution in [2.24, 2.45) is 21.5 Å². The second-order valence-electron chi connectivity index (χ2n) is 9.79. The Morgan fingerprint density at radius 1 is 1.21 bits per heavy atom. The number of likely N-dealkylation sites (tertiary alicyclic amines) is 1. The number of hydrogen-bond acceptors (Lipinski definition) is 10. The van der Waals surface area contributed by atoms with E-state index >= 15 is 0 Å². The lowest BCUT2D eigenvalue weighted by molar-refractivity contribution is -0.139. The smallest absolute Gasteiger partial charge is 0.386 e. The van der Waals surface area contributed by atoms with E-state index in [2.05, 4.69) is 20.6 Å². The van der Waals surface area contributed by atoms with Crippen molar-refractivity contribution in [3.63, 3.8) is 0 Å². The van der Waals surface area contributed by atoms with Crippen LogP contribution < -0.4 is 22.1 Å². The molecule has 204 valence electrons. The van der Waals surface area contributed by atoms with Gasteiger partial charge in [0.05, 0.1) is 24.2 Å². The molecule has 0 bridgehead atoms. The van der Waals surface area contributed by atoms with Gasteiger partial charge in [0.2, 0.25) is 17.7 Å². The first kappa shape index (κ1) is 25.8. The summed E-state index contributed by atoms with van der Waals surface area (Å²) in [4.78, 5) is 48.6. The molecular weight excluding hydrogens is 509 g/mol. The van der Waals surface area contributed by atoms with Crippen LogP contribution in [0.1, 0.15) is 30.4 Å². The fourth-order valence-electron chi connectivity index (χ4n) is 5.64. The first-order chi connectivity index (χ1) is 17.9. The monoisotopic (exact) mass is 536 g/mol. The minimum Gasteiger partial charge on any atom is -0.386 e. The van der Waals surface area contributed by atoms with Gasteiger partial charge >= 0.3 is 6.18 Å². The number of nitrogens with two attached hydrogens (primary N) is 2. The van der Waals surface area contributed by atoms with Crippen LogP contribution in [0.5, 0.6) is 0 Å². The number of amides is 3. The summed E-state index contributed by atoms with van der Waals surface area (Å²) in [6, 6.07) is 2.30. The number of aliphatic imine (C=N–C) groups is 2. The van der Waals surface area contributed by atoms with Crippen LogP contribution in [0.4, 0.5) is 13.2 Å². The molecule has 0 aromatic heterocycles. The Morgan fingerprint density at radius 3 is 2.61 bits per heavy atom. The van der Waals surface area contributed by atoms with Gasteiger partial charge in [-0.3, -0.25) is 19.3 Å². The predicted octanol–water partition coefficient (Wildman–Crippen LogP) is -1.37. The number of carbonyl (C=O) groups is 3. The van der Waals surface area contributed by atoms with Crippen molar-refractivity contribution < 1.29 is 32.7 Å². The highest BCUT2D eigenvalue weighted by molar-refractivity contribution is 6.02. The third-order valence-electron chi connectivity index (χ3n) is 7.42. The molecule has 3 unspecified atom stereocenters. The molecule has 15 heteroatoms. The predicted molar refractivity (Wildman–Crippen MR) is 127 cm³/mol. The van der Waals surface area contributed by atoms with Gasteiger partial charge in [-0.1, -0.05) is 18.2 Å². The standard InChI is InChI=1S/C23H27F3N8O4/c24-23(25,26)12-3-1-2-11(8-12)4-5-15(35)29-14-10-34-21(28)30-13(9-33-16(36)6-7-17(33)37)18-22(34,19(14)38)32-20(27)31-18/h1-3,8,13-14,18-19,38H,4-7,9-10H2,(H2,28,30)(H,29,35)(H3,27,31,32)/t13?,14-,18?,19+,22?/m0/s1. The van der Waals surface area contributed by atoms with Crippen LogP contribution in [0, 0.1) is 0 Å². The average Bonchev–Trinajstić information content (AvgIpc) is 3.47. The van der Waals surface area contributed by atoms with Crippen LogP contribution in [0.2, 0.25) is 0 Å². The van der Waals surface area contributed by atoms with Crippen molar-refractivity contribution >= 4 is 29.6 Å². The first-order valence-corrected chi connectivity index (χ1v) is 12.1. The van der Waals surface area contributed by atoms with Gasteiger partial charge in [-0.25, -0.2) is 9.98 Å². The Bertz CT molecular complexity index is 1220. The zero-order chi connectivity index (χ0) is 27.4. The lowest BCUT2D eigenvalue weighted by Crippen LogP contribution is -2.73. The quantitative estimate of drug-likeness (QED) is 0.276. The number of nitrogens with zero attached hydrogens (tertiary/aromatic N) is 4. The van der Waals surface area contributed by atoms with Crippen molar-refractivity contribution in [1.29, 1.82) is 0 Å². The summed E-state index contributed by atoms with van der Waals surface area (Å²) in [5.74, 6) is -1.12. The average molecular weight is 537 g/mol. The van der Waals surface area contributed by atoms with E-state index in [1.54, 1.807) is 4.90 Å². The van der Waals surface area contributed by atoms with Gasteiger partial charge in [0, 0.05) is 25.8 Å². The summed E-state index contributed by atoms with van der Waals surface area (Å²) >= 11 is 0. The molecule has 2 saturated heterocycles. The van der Waals surface area contributed by atoms with E-state index in [1.807, 2.05) is 0 Å². The topological polar surface area (TPSA) is 179 Å². The van der Waals surface area contributed by atoms with Gasteiger partial charge in [-0.2, -0.15) is 13.2 Å². The Morgan fingerprint density at radius 2 is 1.92 bits per heavy atom. The van der Waals surface area contributed by atoms with E-state index < -0.39 is 47.5 Å². The normalized spacial score (nSPS) is 30.5. The molecule has 38 heavy (non-hydrogen) atoms. The van der Waals surface area contributed by atoms with Crippen molar-refractivity contribution in [3.05, 3.63) is 35.4 Å². The number of alkyl halides is 3. The fourth-order valence-corrected chi connectivity index (χ4v) is 5.64. The van der Waals surface area contributed by atoms with Crippen LogP contribution >= 0.6 is 0 Å². The molecule has 1 aromatic carbocycles. The van der Waals surface area contributed by atoms with Gasteiger partial charge in [0.1, 0.15) is 12.1 Å². The van der Waals surface area contributed by atoms with E-state index in [0.29, 0.717) is 5.56 Å². The maximum atomic E-state index is 13.0. The Kier molecular flexibility index (Phi) is 6.20. The number of guanidine groups is 2. The summed E-state index contributed by atoms with van der Waals surface area (Å²) in [6.07, 6.45) is -5.61. The molecule has 0 aliphatic carbocycles. The number of aryl methyl sites for hydroxylation is 1. The van der Waals surface area contributed by atoms with Gasteiger partial charge in [0.15, 0.2) is 17.6 Å². The van der Waals surface area contributed by atoms with Crippen molar-refractivity contribution in [1.82, 2.24) is 20.4 Å². The van der Waals surface area contributed by atoms with Crippen molar-refractivity contribution in [3.8, 4) is 0 Å². The van der Waals surface area contributed by atoms with Crippen LogP contribution in [0.25, 0.3) is 0 Å². The zero-order valence-corrected chi connectivity index (χ0v) is 20.1. The highest BCUT2D eigenvalue weighted by Gasteiger charge is 2.65. The molecular formula is C23H27F3N8O4. The van der Waals surface area contributed by atoms with Crippen LogP contribution in [0.15, 0.2) is 34.3 Å². The number of aliphatic hydroxyl groups excluding tert-OH is 1. The molecule has 5 rings (SSSR count). The summed E-state index contributed by atoms with van der Waals surface area (Å²) < 4.78 is 38.9. The highest BCUT2D eigenvalue weighted by Crippen LogP contribution is 2.40. The maximum Gasteiger partial charge on any atom is 0.416 e. The summed E-state index contributed by atoms with van der Waals surface area (Å²) in [5.41, 5.74) is 10.4. The van der Waals surface area contributed by atoms with E-state index in [9.17, 15) is 32.7 Å². The SMILES string of the molecule is NC1=NC2C(CN3C(=O)CCC3=O)N=C(N)N3C[C@H](NC(=O)CCc4cccc(C(F)(F)F)c4)[C@@H](O)C23N1. The molecule has 4 aliphatic heterocycles. The zero-order valence-electron chi connectivity index (χ0n) is 20.1. The van der Waals surface area contributed by atoms with E-state index in [-0.39, 0.29) is 62.5 Å². The van der Waals surface area contributed by atoms with E-state index in [1.165, 1.54) is 12.1 Å². The maximum absolute atomic E-state index is 13.0. The second kappa shape index (κ2) is 9.15. The summed E-state index contributed by atoms with van der Waals surface area (Å²) in [5, 5.41) is 17.1. The number of hydrogen-bond donors (Lipinski definition) is 5. The van der Waals surface area contributed by atoms with Crippen LogP contribution in [0.3, 0.4) is 0 Å². The molecule has 4 heterocycles. The molecule has 3 amide bonds. The number of aliphatic hydroxyl groups is 1. The number of halogens is 3. The molecule has 0 saturated carbocycles. The van der Waals surface area contributed by atoms with Crippen LogP contribution in [-0.4, -0.2) is 87.5 Å². The van der Waals surface area contributed by atoms with E-state index in [0.717, 1.165) is 17.0 Å². The van der Waals surface area contributed by atoms with Crippen molar-refractivity contribution in [2.75, 3.05) is 13.1 Å². The van der Waals surface area contributed by atoms with Gasteiger partial charge < -0.3 is 32.1 Å². The molecule has 2 fully saturated rings. The number of nitrogens with one attached hydrogen (secondary N) is 2. The van der Waals surface area contributed by atoms with Gasteiger partial charge in [-0.05, 0) is 18.1 Å². The molecule has 12 nitrogen and oxygen atoms in total. The Labute approximate surface area is 214 Å². The number of benzene rings is 1. The van der Waals surface area contributed by atoms with Crippen LogP contribution in [-0.2, 0) is 27.0 Å². The molecule has 4 aliphatic rings. The number of imide groups is 1. The van der Waals surface area contributed by atoms with Crippen molar-refractivity contribution in [2.45, 2.75) is 61.8 Å². The van der Waals surface area contributed by atoms with Gasteiger partial charge in [-0.15, -0.1) is 0 Å². The van der Waals surface area contributed by atoms with E-state index in [4.69, 9.17) is 11.5 Å². The largest absolute Gasteiger partial charge is 0.416 e. The lowest BCUT2D eigenvalue weighted by atomic mass is 9.87. The molecule has 0 radical (unpaired) electrons. The number of carbonyl (C=O) groups excluding carboxylic acids is 3. The lowest BCUT2D eigenvalue weighted by Gasteiger charge is -2.46. The first-order valence-electron chi connectivity index (χ1n) is 12.1. The number of rotatable bonds is 6. The Balaban J connectivity index is 1.29. The third-order valence-corrected chi connectivity index (χ3v) is 7.42. The fraction of sp³-hybridized carbons (Fsp3) is 0.522. The molecule has 1 aromatic rings. The highest BCUT2D eigenvalue weighted by atomic mass is 19.4. The molecule has 7 N–H and O–H groups in total.